The van der Waals surface area contributed by atoms with Crippen molar-refractivity contribution in [1.82, 2.24) is 4.98 Å². The number of carbonyl (C=O) groups is 1. The fourth-order valence-electron chi connectivity index (χ4n) is 1.53. The lowest BCUT2D eigenvalue weighted by Crippen LogP contribution is -2.01. The van der Waals surface area contributed by atoms with Gasteiger partial charge in [0.1, 0.15) is 5.75 Å². The molecule has 1 heterocycles. The van der Waals surface area contributed by atoms with Crippen molar-refractivity contribution >= 4 is 5.78 Å². The Morgan fingerprint density at radius 3 is 2.56 bits per heavy atom. The molecule has 0 atom stereocenters. The molecule has 0 radical (unpaired) electrons. The second-order valence-corrected chi connectivity index (χ2v) is 3.55. The maximum Gasteiger partial charge on any atom is 0.168 e. The molecule has 0 spiro atoms. The highest BCUT2D eigenvalue weighted by Crippen LogP contribution is 2.13. The average molecular weight is 215 g/mol. The monoisotopic (exact) mass is 215 g/mol. The Hall–Kier alpha value is -2.03. The van der Waals surface area contributed by atoms with E-state index in [1.54, 1.807) is 25.6 Å². The third-order valence-electron chi connectivity index (χ3n) is 2.44. The van der Waals surface area contributed by atoms with Crippen LogP contribution in [0.1, 0.15) is 15.9 Å². The molecule has 0 saturated heterocycles. The summed E-state index contributed by atoms with van der Waals surface area (Å²) in [7, 11) is 1.62. The number of methoxy groups -OCH3 is 1. The topological polar surface area (TPSA) is 42.1 Å². The molecule has 0 aliphatic rings. The molecule has 0 unspecified atom stereocenters. The van der Waals surface area contributed by atoms with E-state index in [2.05, 4.69) is 4.98 Å². The van der Waals surface area contributed by atoms with E-state index in [-0.39, 0.29) is 5.78 Å². The highest BCUT2D eigenvalue weighted by molar-refractivity contribution is 5.97. The van der Waals surface area contributed by atoms with Gasteiger partial charge in [0, 0.05) is 24.4 Å². The first-order chi connectivity index (χ1) is 7.79. The van der Waals surface area contributed by atoms with E-state index < -0.39 is 0 Å². The number of hydrogen-bond donors (Lipinski definition) is 1. The van der Waals surface area contributed by atoms with Gasteiger partial charge in [0.05, 0.1) is 7.11 Å². The quantitative estimate of drug-likeness (QED) is 0.796. The van der Waals surface area contributed by atoms with Crippen molar-refractivity contribution in [3.8, 4) is 5.75 Å². The summed E-state index contributed by atoms with van der Waals surface area (Å²) in [6.07, 6.45) is 3.88. The van der Waals surface area contributed by atoms with Gasteiger partial charge in [-0.1, -0.05) is 12.1 Å². The van der Waals surface area contributed by atoms with E-state index in [0.29, 0.717) is 6.42 Å². The van der Waals surface area contributed by atoms with Crippen molar-refractivity contribution in [3.05, 3.63) is 53.9 Å². The van der Waals surface area contributed by atoms with Crippen LogP contribution in [0, 0.1) is 0 Å². The number of benzene rings is 1. The number of H-pyrrole nitrogens is 1. The number of aromatic nitrogens is 1. The van der Waals surface area contributed by atoms with Gasteiger partial charge in [-0.15, -0.1) is 0 Å². The minimum atomic E-state index is 0.117. The van der Waals surface area contributed by atoms with E-state index in [4.69, 9.17) is 4.74 Å². The fraction of sp³-hybridized carbons (Fsp3) is 0.154. The smallest absolute Gasteiger partial charge is 0.168 e. The van der Waals surface area contributed by atoms with Crippen LogP contribution in [-0.2, 0) is 6.42 Å². The lowest BCUT2D eigenvalue weighted by molar-refractivity contribution is 0.0993. The second kappa shape index (κ2) is 4.66. The molecule has 0 saturated carbocycles. The predicted octanol–water partition coefficient (Wildman–Crippen LogP) is 2.45. The summed E-state index contributed by atoms with van der Waals surface area (Å²) in [6.45, 7) is 0. The van der Waals surface area contributed by atoms with E-state index in [0.717, 1.165) is 16.9 Å². The molecule has 16 heavy (non-hydrogen) atoms. The van der Waals surface area contributed by atoms with Gasteiger partial charge < -0.3 is 9.72 Å². The van der Waals surface area contributed by atoms with Gasteiger partial charge in [0.2, 0.25) is 0 Å². The molecule has 3 heteroatoms. The Morgan fingerprint density at radius 1 is 1.25 bits per heavy atom. The molecule has 1 N–H and O–H groups in total. The largest absolute Gasteiger partial charge is 0.497 e. The normalized spacial score (nSPS) is 10.1. The van der Waals surface area contributed by atoms with Crippen molar-refractivity contribution in [2.75, 3.05) is 7.11 Å². The van der Waals surface area contributed by atoms with Gasteiger partial charge in [-0.05, 0) is 23.8 Å². The number of rotatable bonds is 4. The summed E-state index contributed by atoms with van der Waals surface area (Å²) in [5, 5.41) is 0. The van der Waals surface area contributed by atoms with Gasteiger partial charge in [-0.2, -0.15) is 0 Å². The summed E-state index contributed by atoms with van der Waals surface area (Å²) >= 11 is 0. The van der Waals surface area contributed by atoms with Gasteiger partial charge in [-0.25, -0.2) is 0 Å². The minimum Gasteiger partial charge on any atom is -0.497 e. The Labute approximate surface area is 94.1 Å². The standard InChI is InChI=1S/C13H13NO2/c1-16-12-4-2-10(3-5-12)8-13(15)11-6-7-14-9-11/h2-7,9,14H,8H2,1H3. The number of carbonyl (C=O) groups excluding carboxylic acids is 1. The van der Waals surface area contributed by atoms with Crippen LogP contribution < -0.4 is 4.74 Å². The number of ketones is 1. The molecule has 1 aromatic heterocycles. The molecule has 0 fully saturated rings. The maximum absolute atomic E-state index is 11.8. The number of aromatic amines is 1. The highest BCUT2D eigenvalue weighted by Gasteiger charge is 2.06. The van der Waals surface area contributed by atoms with Crippen molar-refractivity contribution < 1.29 is 9.53 Å². The Balaban J connectivity index is 2.06. The van der Waals surface area contributed by atoms with Crippen molar-refractivity contribution in [2.45, 2.75) is 6.42 Å². The zero-order valence-electron chi connectivity index (χ0n) is 9.07. The van der Waals surface area contributed by atoms with E-state index >= 15 is 0 Å². The van der Waals surface area contributed by atoms with Crippen LogP contribution in [0.4, 0.5) is 0 Å². The van der Waals surface area contributed by atoms with Crippen LogP contribution in [0.25, 0.3) is 0 Å². The minimum absolute atomic E-state index is 0.117. The molecule has 2 rings (SSSR count). The fourth-order valence-corrected chi connectivity index (χ4v) is 1.53. The lowest BCUT2D eigenvalue weighted by Gasteiger charge is -2.02. The molecule has 0 amide bonds. The summed E-state index contributed by atoms with van der Waals surface area (Å²) in [5.74, 6) is 0.921. The Kier molecular flexibility index (Phi) is 3.05. The van der Waals surface area contributed by atoms with Crippen molar-refractivity contribution in [1.29, 1.82) is 0 Å². The van der Waals surface area contributed by atoms with Gasteiger partial charge >= 0.3 is 0 Å². The Morgan fingerprint density at radius 2 is 2.00 bits per heavy atom. The van der Waals surface area contributed by atoms with Crippen LogP contribution in [-0.4, -0.2) is 17.9 Å². The summed E-state index contributed by atoms with van der Waals surface area (Å²) < 4.78 is 5.06. The van der Waals surface area contributed by atoms with E-state index in [1.165, 1.54) is 0 Å². The zero-order valence-corrected chi connectivity index (χ0v) is 9.07. The van der Waals surface area contributed by atoms with Crippen LogP contribution in [0.2, 0.25) is 0 Å². The Bertz CT molecular complexity index is 457. The highest BCUT2D eigenvalue weighted by atomic mass is 16.5. The predicted molar refractivity (Wildman–Crippen MR) is 61.8 cm³/mol. The van der Waals surface area contributed by atoms with Gasteiger partial charge in [-0.3, -0.25) is 4.79 Å². The van der Waals surface area contributed by atoms with Crippen LogP contribution in [0.3, 0.4) is 0 Å². The molecule has 2 aromatic rings. The van der Waals surface area contributed by atoms with Crippen LogP contribution in [0.5, 0.6) is 5.75 Å². The van der Waals surface area contributed by atoms with Crippen molar-refractivity contribution in [3.63, 3.8) is 0 Å². The number of nitrogens with one attached hydrogen (secondary N) is 1. The number of ether oxygens (including phenoxy) is 1. The third-order valence-corrected chi connectivity index (χ3v) is 2.44. The molecule has 0 aliphatic heterocycles. The van der Waals surface area contributed by atoms with Gasteiger partial charge in [0.25, 0.3) is 0 Å². The molecular weight excluding hydrogens is 202 g/mol. The third kappa shape index (κ3) is 2.31. The van der Waals surface area contributed by atoms with E-state index in [9.17, 15) is 4.79 Å². The first-order valence-electron chi connectivity index (χ1n) is 5.08. The second-order valence-electron chi connectivity index (χ2n) is 3.55. The SMILES string of the molecule is COc1ccc(CC(=O)c2cc[nH]c2)cc1. The summed E-state index contributed by atoms with van der Waals surface area (Å²) in [4.78, 5) is 14.7. The average Bonchev–Trinajstić information content (AvgIpc) is 2.83. The molecule has 0 aliphatic carbocycles. The molecule has 0 bridgehead atoms. The summed E-state index contributed by atoms with van der Waals surface area (Å²) in [5.41, 5.74) is 1.71. The van der Waals surface area contributed by atoms with Gasteiger partial charge in [0.15, 0.2) is 5.78 Å². The lowest BCUT2D eigenvalue weighted by atomic mass is 10.1. The first-order valence-corrected chi connectivity index (χ1v) is 5.08. The molecule has 3 nitrogen and oxygen atoms in total. The number of hydrogen-bond acceptors (Lipinski definition) is 2. The molecule has 82 valence electrons. The summed E-state index contributed by atoms with van der Waals surface area (Å²) in [6, 6.07) is 9.32. The van der Waals surface area contributed by atoms with Crippen molar-refractivity contribution in [2.24, 2.45) is 0 Å². The maximum atomic E-state index is 11.8. The van der Waals surface area contributed by atoms with Crippen LogP contribution >= 0.6 is 0 Å². The zero-order chi connectivity index (χ0) is 11.4. The molecule has 1 aromatic carbocycles. The number of Topliss-reactive ketones (excluding diaryl/α,β-unsaturated/α-hetero) is 1. The first kappa shape index (κ1) is 10.5. The van der Waals surface area contributed by atoms with Crippen LogP contribution in [0.15, 0.2) is 42.7 Å². The van der Waals surface area contributed by atoms with E-state index in [1.807, 2.05) is 24.3 Å². The molecular formula is C13H13NO2.